The number of benzene rings is 4. The zero-order valence-electron chi connectivity index (χ0n) is 35.7. The van der Waals surface area contributed by atoms with Crippen molar-refractivity contribution < 1.29 is 41.0 Å². The fourth-order valence-corrected chi connectivity index (χ4v) is 9.67. The fraction of sp³-hybridized carbons (Fsp3) is 0.451. The van der Waals surface area contributed by atoms with Crippen molar-refractivity contribution in [3.8, 4) is 0 Å². The molecule has 12 heteroatoms. The lowest BCUT2D eigenvalue weighted by molar-refractivity contribution is -0.143. The molecule has 2 heterocycles. The Balaban J connectivity index is 0.000000202. The van der Waals surface area contributed by atoms with Crippen molar-refractivity contribution in [2.24, 2.45) is 11.8 Å². The van der Waals surface area contributed by atoms with Gasteiger partial charge in [-0.25, -0.2) is 0 Å². The smallest absolute Gasteiger partial charge is 0.400 e. The van der Waals surface area contributed by atoms with Crippen molar-refractivity contribution in [3.63, 3.8) is 0 Å². The van der Waals surface area contributed by atoms with Crippen molar-refractivity contribution in [3.05, 3.63) is 148 Å². The van der Waals surface area contributed by atoms with Gasteiger partial charge in [-0.1, -0.05) is 103 Å². The number of nitrogens with zero attached hydrogens (tertiary/aromatic N) is 2. The second kappa shape index (κ2) is 20.9. The first kappa shape index (κ1) is 47.9. The summed E-state index contributed by atoms with van der Waals surface area (Å²) in [6, 6.07) is 28.4. The number of aliphatic hydroxyl groups excluding tert-OH is 1. The molecule has 5 nitrogen and oxygen atoms in total. The van der Waals surface area contributed by atoms with E-state index in [-0.39, 0.29) is 23.1 Å². The Morgan fingerprint density at radius 3 is 1.65 bits per heavy atom. The maximum absolute atomic E-state index is 13.5. The molecule has 4 aliphatic rings. The molecule has 0 spiro atoms. The Labute approximate surface area is 372 Å². The van der Waals surface area contributed by atoms with E-state index in [2.05, 4.69) is 12.1 Å². The molecule has 4 fully saturated rings. The lowest BCUT2D eigenvalue weighted by atomic mass is 9.63. The molecule has 2 amide bonds. The summed E-state index contributed by atoms with van der Waals surface area (Å²) in [6.07, 6.45) is 6.54. The highest BCUT2D eigenvalue weighted by Gasteiger charge is 2.49. The van der Waals surface area contributed by atoms with Crippen molar-refractivity contribution in [2.45, 2.75) is 100 Å². The normalized spacial score (nSPS) is 20.6. The van der Waals surface area contributed by atoms with Crippen molar-refractivity contribution in [1.29, 1.82) is 0 Å². The molecule has 8 rings (SSSR count). The molecule has 0 aromatic heterocycles. The Morgan fingerprint density at radius 1 is 0.651 bits per heavy atom. The molecule has 63 heavy (non-hydrogen) atoms. The Bertz CT molecular complexity index is 2110. The van der Waals surface area contributed by atoms with Crippen LogP contribution in [-0.2, 0) is 39.2 Å². The van der Waals surface area contributed by atoms with E-state index in [1.165, 1.54) is 12.1 Å². The van der Waals surface area contributed by atoms with Gasteiger partial charge in [0, 0.05) is 38.3 Å². The molecule has 2 saturated carbocycles. The molecule has 1 N–H and O–H groups in total. The lowest BCUT2D eigenvalue weighted by Crippen LogP contribution is -2.53. The van der Waals surface area contributed by atoms with Crippen molar-refractivity contribution in [1.82, 2.24) is 9.80 Å². The first-order chi connectivity index (χ1) is 30.2. The van der Waals surface area contributed by atoms with Gasteiger partial charge in [0.05, 0.1) is 22.0 Å². The predicted molar refractivity (Wildman–Crippen MR) is 236 cm³/mol. The van der Waals surface area contributed by atoms with Crippen molar-refractivity contribution in [2.75, 3.05) is 33.3 Å². The van der Waals surface area contributed by atoms with Gasteiger partial charge in [-0.3, -0.25) is 9.59 Å². The van der Waals surface area contributed by atoms with Crippen LogP contribution < -0.4 is 0 Å². The van der Waals surface area contributed by atoms with E-state index in [1.54, 1.807) is 12.1 Å². The zero-order chi connectivity index (χ0) is 45.3. The van der Waals surface area contributed by atoms with Crippen LogP contribution in [0.3, 0.4) is 0 Å². The van der Waals surface area contributed by atoms with Gasteiger partial charge in [-0.15, -0.1) is 0 Å². The summed E-state index contributed by atoms with van der Waals surface area (Å²) in [7, 11) is 1.00. The van der Waals surface area contributed by atoms with Crippen LogP contribution in [0.15, 0.2) is 109 Å². The monoisotopic (exact) mass is 894 g/mol. The molecule has 0 bridgehead atoms. The van der Waals surface area contributed by atoms with E-state index in [0.717, 1.165) is 150 Å². The van der Waals surface area contributed by atoms with Crippen LogP contribution in [0.4, 0.5) is 26.3 Å². The number of aliphatic hydroxyl groups is 1. The number of carbonyl (C=O) groups is 2. The minimum absolute atomic E-state index is 0.189. The first-order valence-electron chi connectivity index (χ1n) is 22.0. The molecule has 0 radical (unpaired) electrons. The SMILES string of the molecule is CO.O=C(N1CCCC(/C=C/c2ccc(C(F)(F)F)cc2)C1)C1(c2ccc(Cl)cc2)CCC1.O=C(N1CCCC(CCc2ccc(C(F)(F)F)cc2)C1)C1(c2ccccc2)CCC1. The van der Waals surface area contributed by atoms with Crippen LogP contribution in [0.2, 0.25) is 5.02 Å². The standard InChI is InChI=1S/C25H25ClF3NO.C25H28F3NO.CH4O/c26-22-12-10-20(11-13-22)24(14-2-15-24)23(31)30-16-1-3-19(17-30)5-4-18-6-8-21(9-7-18)25(27,28)29;26-25(27,28)22-13-11-19(12-14-22)9-10-20-6-4-17-29(18-20)23(30)24(15-5-16-24)21-7-2-1-3-8-21;1-2/h4-13,19H,1-3,14-17H2;1-3,7-8,11-14,20H,4-6,9-10,15-18H2;2H,1H3/b5-4+;;. The quantitative estimate of drug-likeness (QED) is 0.170. The van der Waals surface area contributed by atoms with Gasteiger partial charge in [-0.2, -0.15) is 26.3 Å². The number of hydrogen-bond donors (Lipinski definition) is 1. The number of likely N-dealkylation sites (tertiary alicyclic amines) is 2. The minimum Gasteiger partial charge on any atom is -0.400 e. The van der Waals surface area contributed by atoms with Gasteiger partial charge >= 0.3 is 12.4 Å². The van der Waals surface area contributed by atoms with E-state index in [0.29, 0.717) is 17.5 Å². The van der Waals surface area contributed by atoms with Crippen LogP contribution in [0.25, 0.3) is 6.08 Å². The highest BCUT2D eigenvalue weighted by Crippen LogP contribution is 2.47. The number of piperidine rings is 2. The van der Waals surface area contributed by atoms with Crippen LogP contribution in [-0.4, -0.2) is 60.0 Å². The molecule has 2 atom stereocenters. The number of alkyl halides is 6. The molecule has 4 aromatic carbocycles. The summed E-state index contributed by atoms with van der Waals surface area (Å²) < 4.78 is 76.4. The third-order valence-corrected chi connectivity index (χ3v) is 13.7. The zero-order valence-corrected chi connectivity index (χ0v) is 36.5. The molecule has 2 aliphatic heterocycles. The van der Waals surface area contributed by atoms with Crippen LogP contribution in [0.5, 0.6) is 0 Å². The van der Waals surface area contributed by atoms with Crippen molar-refractivity contribution >= 4 is 29.5 Å². The summed E-state index contributed by atoms with van der Waals surface area (Å²) in [6.45, 7) is 2.96. The van der Waals surface area contributed by atoms with Gasteiger partial charge < -0.3 is 14.9 Å². The highest BCUT2D eigenvalue weighted by molar-refractivity contribution is 6.30. The highest BCUT2D eigenvalue weighted by atomic mass is 35.5. The second-order valence-corrected chi connectivity index (χ2v) is 17.8. The van der Waals surface area contributed by atoms with E-state index < -0.39 is 28.9 Å². The number of halogens is 7. The topological polar surface area (TPSA) is 60.9 Å². The number of amides is 2. The van der Waals surface area contributed by atoms with E-state index in [1.807, 2.05) is 64.4 Å². The predicted octanol–water partition coefficient (Wildman–Crippen LogP) is 12.3. The van der Waals surface area contributed by atoms with Gasteiger partial charge in [-0.05, 0) is 135 Å². The van der Waals surface area contributed by atoms with Gasteiger partial charge in [0.25, 0.3) is 0 Å². The molecular weight excluding hydrogens is 838 g/mol. The molecule has 2 saturated heterocycles. The number of aryl methyl sites for hydroxylation is 1. The third-order valence-electron chi connectivity index (χ3n) is 13.4. The summed E-state index contributed by atoms with van der Waals surface area (Å²) in [5, 5.41) is 7.66. The molecule has 2 aliphatic carbocycles. The van der Waals surface area contributed by atoms with E-state index in [9.17, 15) is 35.9 Å². The Hall–Kier alpha value is -4.61. The maximum atomic E-state index is 13.5. The van der Waals surface area contributed by atoms with Gasteiger partial charge in [0.2, 0.25) is 11.8 Å². The number of hydrogen-bond acceptors (Lipinski definition) is 3. The summed E-state index contributed by atoms with van der Waals surface area (Å²) in [4.78, 5) is 31.0. The number of rotatable bonds is 9. The third kappa shape index (κ3) is 11.6. The maximum Gasteiger partial charge on any atom is 0.416 e. The molecular formula is C51H57ClF6N2O3. The van der Waals surface area contributed by atoms with E-state index >= 15 is 0 Å². The number of carbonyl (C=O) groups excluding carboxylic acids is 2. The molecule has 2 unspecified atom stereocenters. The van der Waals surface area contributed by atoms with Gasteiger partial charge in [0.1, 0.15) is 0 Å². The van der Waals surface area contributed by atoms with Crippen LogP contribution in [0, 0.1) is 11.8 Å². The largest absolute Gasteiger partial charge is 0.416 e. The molecule has 338 valence electrons. The van der Waals surface area contributed by atoms with Gasteiger partial charge in [0.15, 0.2) is 0 Å². The van der Waals surface area contributed by atoms with Crippen LogP contribution in [0.1, 0.15) is 104 Å². The van der Waals surface area contributed by atoms with Crippen LogP contribution >= 0.6 is 11.6 Å². The fourth-order valence-electron chi connectivity index (χ4n) is 9.54. The Morgan fingerprint density at radius 2 is 1.14 bits per heavy atom. The summed E-state index contributed by atoms with van der Waals surface area (Å²) in [5.41, 5.74) is 1.78. The average molecular weight is 895 g/mol. The summed E-state index contributed by atoms with van der Waals surface area (Å²) >= 11 is 6.03. The average Bonchev–Trinajstić information content (AvgIpc) is 3.26. The Kier molecular flexibility index (Phi) is 15.9. The first-order valence-corrected chi connectivity index (χ1v) is 22.4. The second-order valence-electron chi connectivity index (χ2n) is 17.4. The van der Waals surface area contributed by atoms with E-state index in [4.69, 9.17) is 16.7 Å². The minimum atomic E-state index is -4.33. The summed E-state index contributed by atoms with van der Waals surface area (Å²) in [5.74, 6) is 1.05. The molecule has 4 aromatic rings. The lowest BCUT2D eigenvalue weighted by Gasteiger charge is -2.46.